The van der Waals surface area contributed by atoms with Crippen LogP contribution in [-0.2, 0) is 5.41 Å². The highest BCUT2D eigenvalue weighted by atomic mass is 16.3. The van der Waals surface area contributed by atoms with E-state index in [1.165, 1.54) is 16.8 Å². The van der Waals surface area contributed by atoms with Gasteiger partial charge in [0.05, 0.1) is 17.7 Å². The van der Waals surface area contributed by atoms with E-state index in [0.29, 0.717) is 17.4 Å². The van der Waals surface area contributed by atoms with Crippen LogP contribution in [0.3, 0.4) is 0 Å². The molecule has 1 spiro atoms. The lowest BCUT2D eigenvalue weighted by atomic mass is 9.67. The molecule has 2 aromatic rings. The number of rotatable bonds is 4. The van der Waals surface area contributed by atoms with Gasteiger partial charge in [-0.2, -0.15) is 5.26 Å². The van der Waals surface area contributed by atoms with Crippen LogP contribution in [-0.4, -0.2) is 60.4 Å². The van der Waals surface area contributed by atoms with E-state index < -0.39 is 0 Å². The predicted molar refractivity (Wildman–Crippen MR) is 131 cm³/mol. The summed E-state index contributed by atoms with van der Waals surface area (Å²) in [4.78, 5) is 9.16. The number of aromatic nitrogens is 1. The van der Waals surface area contributed by atoms with Gasteiger partial charge in [0.25, 0.3) is 0 Å². The Kier molecular flexibility index (Phi) is 6.03. The van der Waals surface area contributed by atoms with Crippen LogP contribution in [0.25, 0.3) is 0 Å². The summed E-state index contributed by atoms with van der Waals surface area (Å²) >= 11 is 0. The van der Waals surface area contributed by atoms with Crippen LogP contribution in [0.5, 0.6) is 0 Å². The third kappa shape index (κ3) is 4.20. The van der Waals surface area contributed by atoms with Crippen molar-refractivity contribution in [3.8, 4) is 6.07 Å². The molecule has 0 radical (unpaired) electrons. The molecule has 2 N–H and O–H groups in total. The molecule has 0 bridgehead atoms. The van der Waals surface area contributed by atoms with E-state index in [4.69, 9.17) is 5.26 Å². The monoisotopic (exact) mass is 445 g/mol. The Bertz CT molecular complexity index is 1040. The number of hydrogen-bond acceptors (Lipinski definition) is 6. The van der Waals surface area contributed by atoms with Crippen molar-refractivity contribution in [3.63, 3.8) is 0 Å². The molecule has 0 saturated carbocycles. The molecule has 1 aromatic heterocycles. The van der Waals surface area contributed by atoms with E-state index in [9.17, 15) is 5.11 Å². The fourth-order valence-electron chi connectivity index (χ4n) is 6.26. The lowest BCUT2D eigenvalue weighted by molar-refractivity contribution is 0.0244. The topological polar surface area (TPSA) is 75.4 Å². The van der Waals surface area contributed by atoms with E-state index in [0.717, 1.165) is 64.3 Å². The normalized spacial score (nSPS) is 26.6. The molecule has 3 aliphatic rings. The predicted octanol–water partition coefficient (Wildman–Crippen LogP) is 3.54. The van der Waals surface area contributed by atoms with Crippen LogP contribution in [0.4, 0.5) is 11.5 Å². The molecule has 0 aliphatic carbocycles. The van der Waals surface area contributed by atoms with Crippen molar-refractivity contribution in [2.45, 2.75) is 44.6 Å². The molecule has 33 heavy (non-hydrogen) atoms. The van der Waals surface area contributed by atoms with Crippen molar-refractivity contribution in [3.05, 3.63) is 53.2 Å². The zero-order valence-electron chi connectivity index (χ0n) is 19.8. The molecule has 5 rings (SSSR count). The number of hydrogen-bond donors (Lipinski definition) is 2. The van der Waals surface area contributed by atoms with E-state index in [1.54, 1.807) is 12.3 Å². The number of nitrogens with one attached hydrogen (secondary N) is 1. The van der Waals surface area contributed by atoms with E-state index in [1.807, 2.05) is 6.07 Å². The van der Waals surface area contributed by atoms with Crippen molar-refractivity contribution >= 4 is 11.5 Å². The molecular weight excluding hydrogens is 410 g/mol. The van der Waals surface area contributed by atoms with Gasteiger partial charge in [0.1, 0.15) is 5.82 Å². The summed E-state index contributed by atoms with van der Waals surface area (Å²) in [7, 11) is 0. The fraction of sp³-hybridized carbons (Fsp3) is 0.556. The highest BCUT2D eigenvalue weighted by Crippen LogP contribution is 2.47. The summed E-state index contributed by atoms with van der Waals surface area (Å²) in [5.41, 5.74) is 4.99. The van der Waals surface area contributed by atoms with E-state index >= 15 is 0 Å². The number of piperidine rings is 2. The van der Waals surface area contributed by atoms with Gasteiger partial charge in [-0.15, -0.1) is 0 Å². The lowest BCUT2D eigenvalue weighted by Crippen LogP contribution is -2.52. The SMILES string of the molecule is Cc1ccc2c(c1)NC[C@@]21CCN(C[C@@H](O)C2CCN(c3cc(C#N)ccn3)CC2)C[C@@H]1C. The van der Waals surface area contributed by atoms with Crippen LogP contribution in [0, 0.1) is 30.1 Å². The van der Waals surface area contributed by atoms with E-state index in [-0.39, 0.29) is 11.5 Å². The Labute approximate surface area is 197 Å². The van der Waals surface area contributed by atoms with Crippen molar-refractivity contribution in [2.75, 3.05) is 49.5 Å². The average molecular weight is 446 g/mol. The second-order valence-electron chi connectivity index (χ2n) is 10.4. The van der Waals surface area contributed by atoms with Gasteiger partial charge in [0.2, 0.25) is 0 Å². The van der Waals surface area contributed by atoms with Crippen molar-refractivity contribution in [2.24, 2.45) is 11.8 Å². The molecular formula is C27H35N5O. The van der Waals surface area contributed by atoms with Crippen LogP contribution >= 0.6 is 0 Å². The lowest BCUT2D eigenvalue weighted by Gasteiger charge is -2.46. The van der Waals surface area contributed by atoms with Crippen molar-refractivity contribution in [1.29, 1.82) is 5.26 Å². The Hall–Kier alpha value is -2.62. The summed E-state index contributed by atoms with van der Waals surface area (Å²) < 4.78 is 0. The number of aliphatic hydroxyl groups is 1. The van der Waals surface area contributed by atoms with Gasteiger partial charge >= 0.3 is 0 Å². The zero-order valence-corrected chi connectivity index (χ0v) is 19.8. The first-order valence-electron chi connectivity index (χ1n) is 12.3. The number of pyridine rings is 1. The minimum atomic E-state index is -0.288. The van der Waals surface area contributed by atoms with Gasteiger partial charge in [-0.3, -0.25) is 0 Å². The smallest absolute Gasteiger partial charge is 0.129 e. The second-order valence-corrected chi connectivity index (χ2v) is 10.4. The summed E-state index contributed by atoms with van der Waals surface area (Å²) in [5.74, 6) is 1.75. The molecule has 6 nitrogen and oxygen atoms in total. The number of nitriles is 1. The number of likely N-dealkylation sites (tertiary alicyclic amines) is 1. The van der Waals surface area contributed by atoms with Gasteiger partial charge in [-0.1, -0.05) is 19.1 Å². The molecule has 3 atom stereocenters. The molecule has 0 amide bonds. The Morgan fingerprint density at radius 1 is 1.24 bits per heavy atom. The second kappa shape index (κ2) is 8.96. The van der Waals surface area contributed by atoms with Crippen LogP contribution in [0.1, 0.15) is 42.9 Å². The molecule has 0 unspecified atom stereocenters. The standard InChI is InChI=1S/C27H35N5O/c1-19-3-4-23-24(13-19)30-18-27(23)8-12-31(16-20(27)2)17-25(33)22-6-10-32(11-7-22)26-14-21(15-28)5-9-29-26/h3-5,9,13-14,20,22,25,30,33H,6-8,10-12,16-18H2,1-2H3/t20-,25+,27+/m0/s1. The first-order valence-corrected chi connectivity index (χ1v) is 12.3. The summed E-state index contributed by atoms with van der Waals surface area (Å²) in [6, 6.07) is 12.7. The molecule has 1 aromatic carbocycles. The molecule has 2 fully saturated rings. The van der Waals surface area contributed by atoms with E-state index in [2.05, 4.69) is 58.2 Å². The first-order chi connectivity index (χ1) is 16.0. The molecule has 174 valence electrons. The van der Waals surface area contributed by atoms with Gasteiger partial charge in [0, 0.05) is 50.0 Å². The first kappa shape index (κ1) is 22.2. The maximum Gasteiger partial charge on any atom is 0.129 e. The Morgan fingerprint density at radius 2 is 2.06 bits per heavy atom. The maximum atomic E-state index is 11.1. The quantitative estimate of drug-likeness (QED) is 0.750. The van der Waals surface area contributed by atoms with Crippen molar-refractivity contribution < 1.29 is 5.11 Å². The highest BCUT2D eigenvalue weighted by Gasteiger charge is 2.46. The molecule has 2 saturated heterocycles. The number of aryl methyl sites for hydroxylation is 1. The summed E-state index contributed by atoms with van der Waals surface area (Å²) in [5, 5.41) is 23.9. The number of benzene rings is 1. The van der Waals surface area contributed by atoms with Crippen LogP contribution in [0.2, 0.25) is 0 Å². The third-order valence-corrected chi connectivity index (χ3v) is 8.38. The Morgan fingerprint density at radius 3 is 2.82 bits per heavy atom. The third-order valence-electron chi connectivity index (χ3n) is 8.38. The van der Waals surface area contributed by atoms with Gasteiger partial charge in [-0.25, -0.2) is 4.98 Å². The average Bonchev–Trinajstić information content (AvgIpc) is 3.20. The van der Waals surface area contributed by atoms with Gasteiger partial charge in [0.15, 0.2) is 0 Å². The molecule has 3 aliphatic heterocycles. The summed E-state index contributed by atoms with van der Waals surface area (Å²) in [6.45, 7) is 10.2. The molecule has 6 heteroatoms. The minimum absolute atomic E-state index is 0.223. The molecule has 4 heterocycles. The van der Waals surface area contributed by atoms with Crippen LogP contribution < -0.4 is 10.2 Å². The summed E-state index contributed by atoms with van der Waals surface area (Å²) in [6.07, 6.45) is 4.48. The zero-order chi connectivity index (χ0) is 23.0. The van der Waals surface area contributed by atoms with Crippen molar-refractivity contribution in [1.82, 2.24) is 9.88 Å². The number of β-amino-alcohol motifs (C(OH)–C–C–N with tert-alkyl or cyclic N) is 1. The number of anilines is 2. The maximum absolute atomic E-state index is 11.1. The number of aliphatic hydroxyl groups excluding tert-OH is 1. The number of nitrogens with zero attached hydrogens (tertiary/aromatic N) is 4. The fourth-order valence-corrected chi connectivity index (χ4v) is 6.26. The number of fused-ring (bicyclic) bond motifs is 2. The van der Waals surface area contributed by atoms with Gasteiger partial charge in [-0.05, 0) is 73.9 Å². The van der Waals surface area contributed by atoms with Gasteiger partial charge < -0.3 is 20.2 Å². The largest absolute Gasteiger partial charge is 0.392 e. The highest BCUT2D eigenvalue weighted by molar-refractivity contribution is 5.62. The Balaban J connectivity index is 1.15. The minimum Gasteiger partial charge on any atom is -0.392 e. The van der Waals surface area contributed by atoms with Crippen LogP contribution in [0.15, 0.2) is 36.5 Å².